The van der Waals surface area contributed by atoms with Crippen molar-refractivity contribution in [1.82, 2.24) is 0 Å². The van der Waals surface area contributed by atoms with Gasteiger partial charge in [-0.1, -0.05) is 24.3 Å². The third kappa shape index (κ3) is 1.40. The van der Waals surface area contributed by atoms with Crippen molar-refractivity contribution in [2.24, 2.45) is 0 Å². The summed E-state index contributed by atoms with van der Waals surface area (Å²) in [6, 6.07) is 0. The molecule has 0 aromatic heterocycles. The van der Waals surface area contributed by atoms with Crippen LogP contribution in [0.1, 0.15) is 6.42 Å². The molecule has 0 saturated heterocycles. The molecule has 0 fully saturated rings. The Bertz CT molecular complexity index is 318. The largest absolute Gasteiger partial charge is 0.480 e. The third-order valence-corrected chi connectivity index (χ3v) is 4.49. The summed E-state index contributed by atoms with van der Waals surface area (Å²) in [5.41, 5.74) is 0. The van der Waals surface area contributed by atoms with Gasteiger partial charge in [-0.2, -0.15) is 0 Å². The molecule has 0 radical (unpaired) electrons. The summed E-state index contributed by atoms with van der Waals surface area (Å²) in [6.07, 6.45) is 5.93. The normalized spacial score (nSPS) is 27.8. The molecule has 1 aliphatic rings. The number of hydrogen-bond donors (Lipinski definition) is 1. The van der Waals surface area contributed by atoms with Gasteiger partial charge in [-0.15, -0.1) is 0 Å². The summed E-state index contributed by atoms with van der Waals surface area (Å²) in [5, 5.41) is 8.71. The SMILES string of the molecule is O=C(O)C1(I(=O)=O)C=CC=CC1. The van der Waals surface area contributed by atoms with Crippen molar-refractivity contribution < 1.29 is 16.0 Å². The van der Waals surface area contributed by atoms with Gasteiger partial charge in [0.2, 0.25) is 3.42 Å². The van der Waals surface area contributed by atoms with E-state index in [4.69, 9.17) is 5.11 Å². The predicted molar refractivity (Wildman–Crippen MR) is 48.7 cm³/mol. The maximum absolute atomic E-state index is 10.8. The molecule has 1 N–H and O–H groups in total. The molecule has 0 heterocycles. The van der Waals surface area contributed by atoms with Gasteiger partial charge in [0.1, 0.15) is 0 Å². The molecular weight excluding hydrogens is 275 g/mol. The molecule has 0 aromatic carbocycles. The highest BCUT2D eigenvalue weighted by molar-refractivity contribution is 14.2. The standard InChI is InChI=1S/C7H7IO4/c9-6(10)7(8(11)12)4-2-1-3-5-7/h1-4H,5H2,(H,9,10). The second-order valence-corrected chi connectivity index (χ2v) is 5.54. The van der Waals surface area contributed by atoms with Crippen molar-refractivity contribution in [2.45, 2.75) is 9.84 Å². The van der Waals surface area contributed by atoms with E-state index in [1.165, 1.54) is 12.2 Å². The van der Waals surface area contributed by atoms with Gasteiger partial charge < -0.3 is 5.11 Å². The molecule has 0 bridgehead atoms. The maximum Gasteiger partial charge on any atom is 0.329 e. The number of carbonyl (C=O) groups is 1. The molecule has 0 aromatic rings. The molecular formula is C7H7IO4. The Balaban J connectivity index is 3.13. The van der Waals surface area contributed by atoms with Crippen LogP contribution in [0.25, 0.3) is 0 Å². The second kappa shape index (κ2) is 3.34. The van der Waals surface area contributed by atoms with Gasteiger partial charge >= 0.3 is 25.8 Å². The number of allylic oxidation sites excluding steroid dienone is 3. The minimum Gasteiger partial charge on any atom is -0.480 e. The van der Waals surface area contributed by atoms with E-state index < -0.39 is 29.2 Å². The molecule has 0 amide bonds. The summed E-state index contributed by atoms with van der Waals surface area (Å²) in [5.74, 6) is -1.28. The first-order valence-electron chi connectivity index (χ1n) is 3.23. The molecule has 0 aliphatic heterocycles. The molecule has 1 aliphatic carbocycles. The van der Waals surface area contributed by atoms with Gasteiger partial charge in [0.15, 0.2) is 0 Å². The lowest BCUT2D eigenvalue weighted by molar-refractivity contribution is -0.137. The lowest BCUT2D eigenvalue weighted by Gasteiger charge is -2.16. The Morgan fingerprint density at radius 1 is 1.42 bits per heavy atom. The fourth-order valence-corrected chi connectivity index (χ4v) is 2.43. The van der Waals surface area contributed by atoms with Crippen LogP contribution in [0.4, 0.5) is 0 Å². The van der Waals surface area contributed by atoms with Gasteiger partial charge in [-0.05, 0) is 6.42 Å². The van der Waals surface area contributed by atoms with E-state index >= 15 is 0 Å². The number of alkyl halides is 1. The minimum absolute atomic E-state index is 0.0523. The van der Waals surface area contributed by atoms with E-state index in [1.807, 2.05) is 0 Å². The van der Waals surface area contributed by atoms with Crippen molar-refractivity contribution in [3.8, 4) is 0 Å². The Kier molecular flexibility index (Phi) is 2.61. The van der Waals surface area contributed by atoms with E-state index in [9.17, 15) is 10.9 Å². The number of carboxylic acid groups (broad SMARTS) is 1. The van der Waals surface area contributed by atoms with Gasteiger partial charge in [0.05, 0.1) is 0 Å². The Morgan fingerprint density at radius 2 is 2.08 bits per heavy atom. The van der Waals surface area contributed by atoms with Crippen molar-refractivity contribution in [3.63, 3.8) is 0 Å². The van der Waals surface area contributed by atoms with Crippen LogP contribution in [0.5, 0.6) is 0 Å². The van der Waals surface area contributed by atoms with Crippen LogP contribution in [0, 0.1) is 0 Å². The molecule has 0 saturated carbocycles. The summed E-state index contributed by atoms with van der Waals surface area (Å²) in [4.78, 5) is 10.7. The lowest BCUT2D eigenvalue weighted by atomic mass is 10.0. The second-order valence-electron chi connectivity index (χ2n) is 2.38. The van der Waals surface area contributed by atoms with Crippen molar-refractivity contribution in [2.75, 3.05) is 0 Å². The zero-order chi connectivity index (χ0) is 9.19. The molecule has 4 nitrogen and oxygen atoms in total. The fourth-order valence-electron chi connectivity index (χ4n) is 0.933. The maximum atomic E-state index is 10.8. The molecule has 1 unspecified atom stereocenters. The van der Waals surface area contributed by atoms with Crippen LogP contribution in [0.3, 0.4) is 0 Å². The van der Waals surface area contributed by atoms with Gasteiger partial charge in [0.25, 0.3) is 0 Å². The van der Waals surface area contributed by atoms with E-state index in [1.54, 1.807) is 12.2 Å². The first-order chi connectivity index (χ1) is 5.59. The van der Waals surface area contributed by atoms with Crippen molar-refractivity contribution in [1.29, 1.82) is 0 Å². The zero-order valence-electron chi connectivity index (χ0n) is 6.07. The number of aliphatic carboxylic acids is 1. The molecule has 0 spiro atoms. The molecule has 1 rings (SSSR count). The Morgan fingerprint density at radius 3 is 2.33 bits per heavy atom. The number of rotatable bonds is 2. The highest BCUT2D eigenvalue weighted by Gasteiger charge is 2.42. The highest BCUT2D eigenvalue weighted by Crippen LogP contribution is 2.37. The minimum atomic E-state index is -3.85. The lowest BCUT2D eigenvalue weighted by Crippen LogP contribution is -2.31. The Hall–Kier alpha value is -0.720. The number of halogens is 1. The van der Waals surface area contributed by atoms with Crippen LogP contribution in [-0.4, -0.2) is 14.5 Å². The third-order valence-electron chi connectivity index (χ3n) is 1.65. The van der Waals surface area contributed by atoms with Gasteiger partial charge in [-0.3, -0.25) is 4.79 Å². The molecule has 12 heavy (non-hydrogen) atoms. The van der Waals surface area contributed by atoms with E-state index in [0.717, 1.165) is 0 Å². The summed E-state index contributed by atoms with van der Waals surface area (Å²) < 4.78 is 19.9. The van der Waals surface area contributed by atoms with Crippen molar-refractivity contribution in [3.05, 3.63) is 24.3 Å². The monoisotopic (exact) mass is 282 g/mol. The van der Waals surface area contributed by atoms with E-state index in [0.29, 0.717) is 0 Å². The van der Waals surface area contributed by atoms with Gasteiger partial charge in [0, 0.05) is 0 Å². The topological polar surface area (TPSA) is 71.4 Å². The average molecular weight is 282 g/mol. The Labute approximate surface area is 76.1 Å². The number of hydrogen-bond acceptors (Lipinski definition) is 3. The average Bonchev–Trinajstić information content (AvgIpc) is 2.05. The van der Waals surface area contributed by atoms with Crippen molar-refractivity contribution >= 4 is 25.8 Å². The van der Waals surface area contributed by atoms with Crippen LogP contribution < -0.4 is 0 Å². The van der Waals surface area contributed by atoms with Gasteiger partial charge in [-0.25, -0.2) is 6.14 Å². The van der Waals surface area contributed by atoms with Crippen LogP contribution in [-0.2, 0) is 10.9 Å². The van der Waals surface area contributed by atoms with E-state index in [2.05, 4.69) is 0 Å². The van der Waals surface area contributed by atoms with Crippen LogP contribution in [0.15, 0.2) is 24.3 Å². The molecule has 66 valence electrons. The fraction of sp³-hybridized carbons (Fsp3) is 0.286. The van der Waals surface area contributed by atoms with E-state index in [-0.39, 0.29) is 6.42 Å². The predicted octanol–water partition coefficient (Wildman–Crippen LogP) is 1.52. The summed E-state index contributed by atoms with van der Waals surface area (Å²) >= 11 is -3.85. The quantitative estimate of drug-likeness (QED) is 0.615. The van der Waals surface area contributed by atoms with Crippen LogP contribution >= 0.6 is 19.8 Å². The molecule has 1 atom stereocenters. The smallest absolute Gasteiger partial charge is 0.329 e. The summed E-state index contributed by atoms with van der Waals surface area (Å²) in [7, 11) is 0. The number of carboxylic acids is 1. The van der Waals surface area contributed by atoms with Crippen LogP contribution in [0.2, 0.25) is 0 Å². The zero-order valence-corrected chi connectivity index (χ0v) is 8.22. The highest BCUT2D eigenvalue weighted by atomic mass is 127. The molecule has 5 heteroatoms. The first-order valence-corrected chi connectivity index (χ1v) is 6.07. The summed E-state index contributed by atoms with van der Waals surface area (Å²) in [6.45, 7) is 0. The first kappa shape index (κ1) is 9.37.